The van der Waals surface area contributed by atoms with Crippen LogP contribution in [-0.2, 0) is 12.8 Å². The summed E-state index contributed by atoms with van der Waals surface area (Å²) in [4.78, 5) is 22.4. The second-order valence-corrected chi connectivity index (χ2v) is 8.74. The average Bonchev–Trinajstić information content (AvgIpc) is 2.74. The zero-order chi connectivity index (χ0) is 16.8. The lowest BCUT2D eigenvalue weighted by atomic mass is 10.1. The summed E-state index contributed by atoms with van der Waals surface area (Å²) in [6.07, 6.45) is 5.55. The van der Waals surface area contributed by atoms with Crippen LogP contribution in [0.1, 0.15) is 29.7 Å². The summed E-state index contributed by atoms with van der Waals surface area (Å²) in [5, 5.41) is 10.6. The van der Waals surface area contributed by atoms with Gasteiger partial charge in [0, 0.05) is 10.4 Å². The molecule has 1 aromatic carbocycles. The molecule has 124 valence electrons. The third-order valence-electron chi connectivity index (χ3n) is 4.37. The summed E-state index contributed by atoms with van der Waals surface area (Å²) in [7, 11) is 0. The number of phenolic OH excluding ortho intramolecular Hbond substituents is 1. The van der Waals surface area contributed by atoms with Crippen molar-refractivity contribution in [3.8, 4) is 17.1 Å². The van der Waals surface area contributed by atoms with Gasteiger partial charge in [0.05, 0.1) is 14.3 Å². The van der Waals surface area contributed by atoms with Gasteiger partial charge < -0.3 is 10.1 Å². The van der Waals surface area contributed by atoms with E-state index in [1.165, 1.54) is 23.3 Å². The number of nitrogens with one attached hydrogen (secondary N) is 1. The number of halogens is 2. The summed E-state index contributed by atoms with van der Waals surface area (Å²) in [6.45, 7) is 0. The highest BCUT2D eigenvalue weighted by Crippen LogP contribution is 2.37. The highest BCUT2D eigenvalue weighted by atomic mass is 79.9. The fourth-order valence-corrected chi connectivity index (χ4v) is 5.63. The first-order valence-electron chi connectivity index (χ1n) is 7.77. The average molecular weight is 470 g/mol. The maximum atomic E-state index is 12.7. The molecule has 7 heteroatoms. The smallest absolute Gasteiger partial charge is 0.260 e. The van der Waals surface area contributed by atoms with E-state index >= 15 is 0 Å². The Morgan fingerprint density at radius 3 is 2.58 bits per heavy atom. The van der Waals surface area contributed by atoms with Crippen molar-refractivity contribution in [1.82, 2.24) is 9.97 Å². The summed E-state index contributed by atoms with van der Waals surface area (Å²) < 4.78 is 1.10. The van der Waals surface area contributed by atoms with E-state index in [4.69, 9.17) is 4.98 Å². The van der Waals surface area contributed by atoms with Gasteiger partial charge in [0.1, 0.15) is 16.4 Å². The Hall–Kier alpha value is -1.18. The van der Waals surface area contributed by atoms with Crippen molar-refractivity contribution >= 4 is 53.4 Å². The van der Waals surface area contributed by atoms with Crippen LogP contribution in [-0.4, -0.2) is 15.1 Å². The Labute approximate surface area is 159 Å². The number of aromatic hydroxyl groups is 1. The predicted octanol–water partition coefficient (Wildman–Crippen LogP) is 5.15. The summed E-state index contributed by atoms with van der Waals surface area (Å²) in [5.41, 5.74) is 1.87. The molecule has 4 nitrogen and oxygen atoms in total. The topological polar surface area (TPSA) is 66.0 Å². The summed E-state index contributed by atoms with van der Waals surface area (Å²) in [6, 6.07) is 3.51. The molecule has 2 heterocycles. The molecule has 0 bridgehead atoms. The van der Waals surface area contributed by atoms with Crippen LogP contribution in [0.4, 0.5) is 0 Å². The van der Waals surface area contributed by atoms with E-state index in [0.717, 1.165) is 35.0 Å². The molecule has 0 aliphatic heterocycles. The molecule has 24 heavy (non-hydrogen) atoms. The van der Waals surface area contributed by atoms with Crippen LogP contribution >= 0.6 is 43.2 Å². The molecule has 2 N–H and O–H groups in total. The van der Waals surface area contributed by atoms with Crippen molar-refractivity contribution in [2.75, 3.05) is 0 Å². The van der Waals surface area contributed by atoms with Crippen LogP contribution in [0.15, 0.2) is 25.9 Å². The molecule has 0 unspecified atom stereocenters. The minimum Gasteiger partial charge on any atom is -0.506 e. The number of benzene rings is 1. The lowest BCUT2D eigenvalue weighted by Crippen LogP contribution is -2.10. The van der Waals surface area contributed by atoms with Gasteiger partial charge in [0.25, 0.3) is 5.56 Å². The highest BCUT2D eigenvalue weighted by molar-refractivity contribution is 9.11. The van der Waals surface area contributed by atoms with Crippen LogP contribution in [0.25, 0.3) is 21.6 Å². The normalized spacial score (nSPS) is 14.6. The molecule has 0 radical (unpaired) electrons. The Balaban J connectivity index is 1.92. The molecule has 1 aliphatic carbocycles. The summed E-state index contributed by atoms with van der Waals surface area (Å²) in [5.74, 6) is 0.648. The number of nitrogens with zero attached hydrogens (tertiary/aromatic N) is 1. The van der Waals surface area contributed by atoms with E-state index in [0.29, 0.717) is 14.8 Å². The molecule has 0 atom stereocenters. The van der Waals surface area contributed by atoms with Crippen molar-refractivity contribution in [3.63, 3.8) is 0 Å². The minimum absolute atomic E-state index is 0.0743. The maximum absolute atomic E-state index is 12.7. The van der Waals surface area contributed by atoms with E-state index in [1.54, 1.807) is 23.5 Å². The Bertz CT molecular complexity index is 987. The fraction of sp³-hybridized carbons (Fsp3) is 0.294. The first kappa shape index (κ1) is 16.3. The molecule has 2 aromatic heterocycles. The zero-order valence-corrected chi connectivity index (χ0v) is 16.6. The minimum atomic E-state index is -0.0743. The molecular weight excluding hydrogens is 456 g/mol. The molecule has 0 spiro atoms. The van der Waals surface area contributed by atoms with Gasteiger partial charge in [-0.1, -0.05) is 6.42 Å². The maximum Gasteiger partial charge on any atom is 0.260 e. The zero-order valence-electron chi connectivity index (χ0n) is 12.7. The largest absolute Gasteiger partial charge is 0.506 e. The number of H-pyrrole nitrogens is 1. The Morgan fingerprint density at radius 1 is 1.12 bits per heavy atom. The third-order valence-corrected chi connectivity index (χ3v) is 6.76. The van der Waals surface area contributed by atoms with E-state index in [-0.39, 0.29) is 11.3 Å². The van der Waals surface area contributed by atoms with Gasteiger partial charge in [0.15, 0.2) is 0 Å². The number of aryl methyl sites for hydroxylation is 2. The lowest BCUT2D eigenvalue weighted by Gasteiger charge is -2.06. The second-order valence-electron chi connectivity index (χ2n) is 5.95. The van der Waals surface area contributed by atoms with Gasteiger partial charge in [-0.15, -0.1) is 11.3 Å². The number of thiophene rings is 1. The van der Waals surface area contributed by atoms with Gasteiger partial charge in [-0.2, -0.15) is 0 Å². The first-order chi connectivity index (χ1) is 11.5. The van der Waals surface area contributed by atoms with Crippen molar-refractivity contribution in [1.29, 1.82) is 0 Å². The highest BCUT2D eigenvalue weighted by Gasteiger charge is 2.19. The van der Waals surface area contributed by atoms with Crippen LogP contribution in [0.5, 0.6) is 5.75 Å². The van der Waals surface area contributed by atoms with Crippen LogP contribution < -0.4 is 5.56 Å². The standard InChI is InChI=1S/C17H14Br2N2O2S/c18-10-6-8(7-11(19)14(10)22)15-20-16(23)13-9-4-2-1-3-5-12(9)24-17(13)21-15/h6-7,22H,1-5H2,(H,20,21,23). The number of aromatic nitrogens is 2. The number of aromatic amines is 1. The Kier molecular flexibility index (Phi) is 4.26. The molecule has 1 aliphatic rings. The van der Waals surface area contributed by atoms with Crippen molar-refractivity contribution in [3.05, 3.63) is 41.9 Å². The van der Waals surface area contributed by atoms with E-state index in [2.05, 4.69) is 36.8 Å². The molecular formula is C17H14Br2N2O2S. The van der Waals surface area contributed by atoms with Crippen LogP contribution in [0.3, 0.4) is 0 Å². The molecule has 4 rings (SSSR count). The van der Waals surface area contributed by atoms with Crippen LogP contribution in [0, 0.1) is 0 Å². The number of rotatable bonds is 1. The van der Waals surface area contributed by atoms with E-state index in [1.807, 2.05) is 0 Å². The fourth-order valence-electron chi connectivity index (χ4n) is 3.18. The van der Waals surface area contributed by atoms with Gasteiger partial charge in [0.2, 0.25) is 0 Å². The van der Waals surface area contributed by atoms with Gasteiger partial charge in [-0.25, -0.2) is 4.98 Å². The van der Waals surface area contributed by atoms with Crippen molar-refractivity contribution in [2.45, 2.75) is 32.1 Å². The molecule has 0 saturated heterocycles. The third kappa shape index (κ3) is 2.72. The first-order valence-corrected chi connectivity index (χ1v) is 10.2. The lowest BCUT2D eigenvalue weighted by molar-refractivity contribution is 0.468. The molecule has 0 saturated carbocycles. The molecule has 0 fully saturated rings. The van der Waals surface area contributed by atoms with Crippen molar-refractivity contribution < 1.29 is 5.11 Å². The monoisotopic (exact) mass is 468 g/mol. The van der Waals surface area contributed by atoms with Gasteiger partial charge in [-0.05, 0) is 75.2 Å². The van der Waals surface area contributed by atoms with Crippen molar-refractivity contribution in [2.24, 2.45) is 0 Å². The summed E-state index contributed by atoms with van der Waals surface area (Å²) >= 11 is 8.28. The molecule has 3 aromatic rings. The quantitative estimate of drug-likeness (QED) is 0.484. The van der Waals surface area contributed by atoms with Gasteiger partial charge >= 0.3 is 0 Å². The van der Waals surface area contributed by atoms with E-state index < -0.39 is 0 Å². The number of hydrogen-bond acceptors (Lipinski definition) is 4. The Morgan fingerprint density at radius 2 is 1.83 bits per heavy atom. The number of hydrogen-bond donors (Lipinski definition) is 2. The number of phenols is 1. The molecule has 0 amide bonds. The van der Waals surface area contributed by atoms with Gasteiger partial charge in [-0.3, -0.25) is 4.79 Å². The predicted molar refractivity (Wildman–Crippen MR) is 104 cm³/mol. The second kappa shape index (κ2) is 6.28. The SMILES string of the molecule is O=c1[nH]c(-c2cc(Br)c(O)c(Br)c2)nc2sc3c(c12)CCCCC3. The van der Waals surface area contributed by atoms with E-state index in [9.17, 15) is 9.90 Å². The van der Waals surface area contributed by atoms with Crippen LogP contribution in [0.2, 0.25) is 0 Å². The number of fused-ring (bicyclic) bond motifs is 3.